The summed E-state index contributed by atoms with van der Waals surface area (Å²) >= 11 is 3.41. The number of fused-ring (bicyclic) bond motifs is 1. The lowest BCUT2D eigenvalue weighted by atomic mass is 10.2. The number of benzene rings is 2. The number of hydrogen-bond acceptors (Lipinski definition) is 3. The molecule has 0 radical (unpaired) electrons. The fourth-order valence-corrected chi connectivity index (χ4v) is 2.70. The molecule has 0 saturated heterocycles. The zero-order chi connectivity index (χ0) is 16.6. The Morgan fingerprint density at radius 2 is 2.00 bits per heavy atom. The molecule has 3 rings (SSSR count). The molecular formula is C16H13BrF2N2O2. The van der Waals surface area contributed by atoms with Crippen LogP contribution < -0.4 is 4.74 Å². The number of nitrogens with zero attached hydrogens (tertiary/aromatic N) is 2. The summed E-state index contributed by atoms with van der Waals surface area (Å²) < 4.78 is 40.0. The molecular weight excluding hydrogens is 370 g/mol. The zero-order valence-electron chi connectivity index (χ0n) is 12.4. The van der Waals surface area contributed by atoms with Crippen LogP contribution in [0.4, 0.5) is 8.78 Å². The van der Waals surface area contributed by atoms with Gasteiger partial charge in [0.1, 0.15) is 0 Å². The van der Waals surface area contributed by atoms with Gasteiger partial charge in [0.2, 0.25) is 5.82 Å². The minimum absolute atomic E-state index is 0.175. The van der Waals surface area contributed by atoms with Gasteiger partial charge >= 0.3 is 0 Å². The molecule has 3 aromatic rings. The molecule has 1 aromatic heterocycles. The van der Waals surface area contributed by atoms with Crippen molar-refractivity contribution in [3.8, 4) is 11.4 Å². The molecule has 0 aliphatic carbocycles. The van der Waals surface area contributed by atoms with E-state index in [1.54, 1.807) is 4.68 Å². The highest BCUT2D eigenvalue weighted by atomic mass is 79.9. The highest BCUT2D eigenvalue weighted by Gasteiger charge is 2.16. The Balaban J connectivity index is 2.17. The first-order chi connectivity index (χ1) is 11.0. The predicted molar refractivity (Wildman–Crippen MR) is 85.9 cm³/mol. The summed E-state index contributed by atoms with van der Waals surface area (Å²) in [5.41, 5.74) is 1.94. The second-order valence-corrected chi connectivity index (χ2v) is 5.86. The number of hydrogen-bond donors (Lipinski definition) is 0. The number of rotatable bonds is 4. The maximum absolute atomic E-state index is 13.9. The van der Waals surface area contributed by atoms with E-state index in [1.807, 2.05) is 25.1 Å². The van der Waals surface area contributed by atoms with Crippen molar-refractivity contribution in [1.29, 1.82) is 0 Å². The standard InChI is InChI=1S/C16H13BrF2N2O2/c1-9-12-5-10(17)3-4-14(12)21(20-9)11-6-13(18)16(19)15(7-11)23-8-22-2/h3-7H,8H2,1-2H3. The Labute approximate surface area is 139 Å². The van der Waals surface area contributed by atoms with Crippen LogP contribution in [0.15, 0.2) is 34.8 Å². The summed E-state index contributed by atoms with van der Waals surface area (Å²) in [6, 6.07) is 8.13. The minimum atomic E-state index is -1.05. The Hall–Kier alpha value is -1.99. The van der Waals surface area contributed by atoms with Crippen LogP contribution in [0.1, 0.15) is 5.69 Å². The number of halogens is 3. The van der Waals surface area contributed by atoms with Gasteiger partial charge in [-0.25, -0.2) is 9.07 Å². The molecule has 0 aliphatic rings. The molecule has 2 aromatic carbocycles. The Morgan fingerprint density at radius 3 is 2.74 bits per heavy atom. The summed E-state index contributed by atoms with van der Waals surface area (Å²) in [6.45, 7) is 1.68. The smallest absolute Gasteiger partial charge is 0.200 e. The number of aromatic nitrogens is 2. The first-order valence-corrected chi connectivity index (χ1v) is 7.56. The van der Waals surface area contributed by atoms with Crippen molar-refractivity contribution in [2.75, 3.05) is 13.9 Å². The van der Waals surface area contributed by atoms with Crippen molar-refractivity contribution in [2.24, 2.45) is 0 Å². The van der Waals surface area contributed by atoms with Crippen LogP contribution in [-0.4, -0.2) is 23.7 Å². The molecule has 0 fully saturated rings. The van der Waals surface area contributed by atoms with Crippen LogP contribution in [0.3, 0.4) is 0 Å². The molecule has 120 valence electrons. The van der Waals surface area contributed by atoms with E-state index in [2.05, 4.69) is 21.0 Å². The van der Waals surface area contributed by atoms with Gasteiger partial charge in [-0.3, -0.25) is 0 Å². The third-order valence-corrected chi connectivity index (χ3v) is 3.88. The molecule has 1 heterocycles. The number of ether oxygens (including phenoxy) is 2. The topological polar surface area (TPSA) is 36.3 Å². The van der Waals surface area contributed by atoms with E-state index in [4.69, 9.17) is 9.47 Å². The molecule has 0 saturated carbocycles. The van der Waals surface area contributed by atoms with Crippen LogP contribution in [0.5, 0.6) is 5.75 Å². The van der Waals surface area contributed by atoms with E-state index in [9.17, 15) is 8.78 Å². The summed E-state index contributed by atoms with van der Waals surface area (Å²) in [4.78, 5) is 0. The van der Waals surface area contributed by atoms with E-state index < -0.39 is 11.6 Å². The van der Waals surface area contributed by atoms with Gasteiger partial charge in [0.05, 0.1) is 16.9 Å². The lowest BCUT2D eigenvalue weighted by Crippen LogP contribution is -2.05. The summed E-state index contributed by atoms with van der Waals surface area (Å²) in [6.07, 6.45) is 0. The molecule has 0 amide bonds. The summed E-state index contributed by atoms with van der Waals surface area (Å²) in [7, 11) is 1.40. The van der Waals surface area contributed by atoms with Gasteiger partial charge in [-0.15, -0.1) is 0 Å². The van der Waals surface area contributed by atoms with Crippen molar-refractivity contribution < 1.29 is 18.3 Å². The lowest BCUT2D eigenvalue weighted by molar-refractivity contribution is 0.0478. The van der Waals surface area contributed by atoms with E-state index >= 15 is 0 Å². The van der Waals surface area contributed by atoms with Gasteiger partial charge in [0, 0.05) is 29.1 Å². The molecule has 0 N–H and O–H groups in total. The van der Waals surface area contributed by atoms with Crippen LogP contribution in [0.25, 0.3) is 16.6 Å². The highest BCUT2D eigenvalue weighted by Crippen LogP contribution is 2.29. The predicted octanol–water partition coefficient (Wildman–Crippen LogP) is 4.36. The first kappa shape index (κ1) is 15.9. The largest absolute Gasteiger partial charge is 0.464 e. The molecule has 0 bridgehead atoms. The molecule has 23 heavy (non-hydrogen) atoms. The van der Waals surface area contributed by atoms with Crippen LogP contribution >= 0.6 is 15.9 Å². The third-order valence-electron chi connectivity index (χ3n) is 3.38. The van der Waals surface area contributed by atoms with Crippen LogP contribution in [0, 0.1) is 18.6 Å². The van der Waals surface area contributed by atoms with Gasteiger partial charge in [0.25, 0.3) is 0 Å². The van der Waals surface area contributed by atoms with Gasteiger partial charge in [-0.05, 0) is 25.1 Å². The first-order valence-electron chi connectivity index (χ1n) is 6.77. The molecule has 0 atom stereocenters. The van der Waals surface area contributed by atoms with Crippen molar-refractivity contribution in [3.63, 3.8) is 0 Å². The van der Waals surface area contributed by atoms with Crippen molar-refractivity contribution in [3.05, 3.63) is 52.1 Å². The fourth-order valence-electron chi connectivity index (χ4n) is 2.34. The van der Waals surface area contributed by atoms with Crippen molar-refractivity contribution in [2.45, 2.75) is 6.92 Å². The van der Waals surface area contributed by atoms with Crippen molar-refractivity contribution >= 4 is 26.8 Å². The second kappa shape index (κ2) is 6.25. The highest BCUT2D eigenvalue weighted by molar-refractivity contribution is 9.10. The average molecular weight is 383 g/mol. The van der Waals surface area contributed by atoms with E-state index in [0.717, 1.165) is 27.1 Å². The van der Waals surface area contributed by atoms with Gasteiger partial charge < -0.3 is 9.47 Å². The molecule has 0 spiro atoms. The maximum Gasteiger partial charge on any atom is 0.200 e. The Kier molecular flexibility index (Phi) is 4.32. The van der Waals surface area contributed by atoms with Crippen molar-refractivity contribution in [1.82, 2.24) is 9.78 Å². The van der Waals surface area contributed by atoms with Gasteiger partial charge in [0.15, 0.2) is 18.4 Å². The van der Waals surface area contributed by atoms with Crippen LogP contribution in [0.2, 0.25) is 0 Å². The van der Waals surface area contributed by atoms with Gasteiger partial charge in [-0.2, -0.15) is 9.49 Å². The molecule has 7 heteroatoms. The molecule has 4 nitrogen and oxygen atoms in total. The third kappa shape index (κ3) is 2.94. The van der Waals surface area contributed by atoms with E-state index in [0.29, 0.717) is 5.69 Å². The van der Waals surface area contributed by atoms with E-state index in [-0.39, 0.29) is 12.5 Å². The molecule has 0 unspecified atom stereocenters. The van der Waals surface area contributed by atoms with Crippen LogP contribution in [-0.2, 0) is 4.74 Å². The van der Waals surface area contributed by atoms with E-state index in [1.165, 1.54) is 13.2 Å². The van der Waals surface area contributed by atoms with Gasteiger partial charge in [-0.1, -0.05) is 15.9 Å². The fraction of sp³-hybridized carbons (Fsp3) is 0.188. The quantitative estimate of drug-likeness (QED) is 0.629. The summed E-state index contributed by atoms with van der Waals surface area (Å²) in [5.74, 6) is -2.28. The minimum Gasteiger partial charge on any atom is -0.464 e. The Bertz CT molecular complexity index is 880. The summed E-state index contributed by atoms with van der Waals surface area (Å²) in [5, 5.41) is 5.33. The SMILES string of the molecule is COCOc1cc(-n2nc(C)c3cc(Br)ccc32)cc(F)c1F. The Morgan fingerprint density at radius 1 is 1.22 bits per heavy atom. The monoisotopic (exact) mass is 382 g/mol. The average Bonchev–Trinajstić information content (AvgIpc) is 2.85. The zero-order valence-corrected chi connectivity index (χ0v) is 14.0. The molecule has 0 aliphatic heterocycles. The maximum atomic E-state index is 13.9. The number of methoxy groups -OCH3 is 1. The normalized spacial score (nSPS) is 11.2. The number of aryl methyl sites for hydroxylation is 1. The lowest BCUT2D eigenvalue weighted by Gasteiger charge is -2.10. The second-order valence-electron chi connectivity index (χ2n) is 4.95.